The second kappa shape index (κ2) is 10.6. The van der Waals surface area contributed by atoms with E-state index in [1.54, 1.807) is 16.8 Å². The number of guanidine groups is 1. The van der Waals surface area contributed by atoms with Gasteiger partial charge in [-0.15, -0.1) is 0 Å². The highest BCUT2D eigenvalue weighted by Gasteiger charge is 2.27. The van der Waals surface area contributed by atoms with E-state index in [9.17, 15) is 13.2 Å². The van der Waals surface area contributed by atoms with Crippen molar-refractivity contribution < 1.29 is 22.6 Å². The fraction of sp³-hybridized carbons (Fsp3) is 0.524. The van der Waals surface area contributed by atoms with Crippen LogP contribution in [0.4, 0.5) is 13.2 Å². The van der Waals surface area contributed by atoms with E-state index in [4.69, 9.17) is 14.5 Å². The number of hydrogen-bond acceptors (Lipinski definition) is 4. The summed E-state index contributed by atoms with van der Waals surface area (Å²) in [7, 11) is 1.88. The van der Waals surface area contributed by atoms with Gasteiger partial charge in [0.25, 0.3) is 0 Å². The molecule has 1 aliphatic rings. The maximum atomic E-state index is 12.2. The molecule has 1 unspecified atom stereocenters. The molecule has 1 saturated heterocycles. The van der Waals surface area contributed by atoms with Crippen molar-refractivity contribution in [3.8, 4) is 0 Å². The van der Waals surface area contributed by atoms with E-state index in [1.807, 2.05) is 38.5 Å². The first-order valence-electron chi connectivity index (χ1n) is 10.2. The van der Waals surface area contributed by atoms with Gasteiger partial charge in [-0.2, -0.15) is 18.3 Å². The molecule has 0 radical (unpaired) electrons. The van der Waals surface area contributed by atoms with Crippen LogP contribution in [0, 0.1) is 0 Å². The minimum Gasteiger partial charge on any atom is -0.370 e. The highest BCUT2D eigenvalue weighted by Crippen LogP contribution is 2.22. The first-order chi connectivity index (χ1) is 14.8. The van der Waals surface area contributed by atoms with Crippen LogP contribution in [-0.4, -0.2) is 59.7 Å². The van der Waals surface area contributed by atoms with Gasteiger partial charge in [-0.3, -0.25) is 4.68 Å². The highest BCUT2D eigenvalue weighted by molar-refractivity contribution is 5.80. The van der Waals surface area contributed by atoms with Crippen LogP contribution < -0.4 is 5.32 Å². The van der Waals surface area contributed by atoms with Crippen LogP contribution >= 0.6 is 0 Å². The molecule has 170 valence electrons. The average molecular weight is 439 g/mol. The van der Waals surface area contributed by atoms with Crippen LogP contribution in [0.2, 0.25) is 0 Å². The first-order valence-corrected chi connectivity index (χ1v) is 10.2. The third-order valence-corrected chi connectivity index (χ3v) is 4.77. The third kappa shape index (κ3) is 7.25. The van der Waals surface area contributed by atoms with Gasteiger partial charge in [0.15, 0.2) is 5.96 Å². The summed E-state index contributed by atoms with van der Waals surface area (Å²) < 4.78 is 48.9. The van der Waals surface area contributed by atoms with Gasteiger partial charge in [-0.1, -0.05) is 24.3 Å². The Balaban J connectivity index is 1.58. The number of morpholine rings is 1. The number of nitrogens with one attached hydrogen (secondary N) is 1. The van der Waals surface area contributed by atoms with Crippen molar-refractivity contribution in [2.45, 2.75) is 32.4 Å². The number of hydrogen-bond donors (Lipinski definition) is 1. The Morgan fingerprint density at radius 2 is 2.03 bits per heavy atom. The van der Waals surface area contributed by atoms with Gasteiger partial charge in [-0.25, -0.2) is 4.99 Å². The fourth-order valence-electron chi connectivity index (χ4n) is 3.27. The van der Waals surface area contributed by atoms with Crippen molar-refractivity contribution in [3.63, 3.8) is 0 Å². The predicted molar refractivity (Wildman–Crippen MR) is 110 cm³/mol. The molecule has 0 saturated carbocycles. The van der Waals surface area contributed by atoms with E-state index in [0.29, 0.717) is 25.3 Å². The maximum Gasteiger partial charge on any atom is 0.411 e. The van der Waals surface area contributed by atoms with Crippen molar-refractivity contribution in [1.29, 1.82) is 0 Å². The van der Waals surface area contributed by atoms with Crippen LogP contribution in [0.25, 0.3) is 0 Å². The third-order valence-electron chi connectivity index (χ3n) is 4.77. The number of aryl methyl sites for hydroxylation is 1. The smallest absolute Gasteiger partial charge is 0.370 e. The number of alkyl halides is 3. The Labute approximate surface area is 179 Å². The Bertz CT molecular complexity index is 851. The monoisotopic (exact) mass is 439 g/mol. The molecular formula is C21H28F3N5O2. The zero-order chi connectivity index (χ0) is 22.3. The Morgan fingerprint density at radius 3 is 2.68 bits per heavy atom. The van der Waals surface area contributed by atoms with E-state index in [-0.39, 0.29) is 12.7 Å². The molecule has 0 amide bonds. The number of rotatable bonds is 7. The molecule has 1 aromatic carbocycles. The van der Waals surface area contributed by atoms with E-state index < -0.39 is 12.8 Å². The summed E-state index contributed by atoms with van der Waals surface area (Å²) in [6, 6.07) is 7.25. The van der Waals surface area contributed by atoms with E-state index in [0.717, 1.165) is 30.2 Å². The van der Waals surface area contributed by atoms with Crippen LogP contribution in [0.3, 0.4) is 0 Å². The minimum atomic E-state index is -4.31. The summed E-state index contributed by atoms with van der Waals surface area (Å²) in [6.45, 7) is 3.90. The quantitative estimate of drug-likeness (QED) is 0.531. The molecule has 1 fully saturated rings. The molecule has 0 spiro atoms. The molecule has 0 aliphatic carbocycles. The first kappa shape index (κ1) is 23.1. The van der Waals surface area contributed by atoms with Gasteiger partial charge < -0.3 is 19.7 Å². The summed E-state index contributed by atoms with van der Waals surface area (Å²) >= 11 is 0. The number of aromatic nitrogens is 2. The normalized spacial score (nSPS) is 17.8. The fourth-order valence-corrected chi connectivity index (χ4v) is 3.27. The van der Waals surface area contributed by atoms with Gasteiger partial charge in [0.05, 0.1) is 32.5 Å². The summed E-state index contributed by atoms with van der Waals surface area (Å²) in [5.41, 5.74) is 2.69. The maximum absolute atomic E-state index is 12.2. The lowest BCUT2D eigenvalue weighted by Gasteiger charge is -2.34. The number of ether oxygens (including phenoxy) is 2. The van der Waals surface area contributed by atoms with Crippen molar-refractivity contribution in [1.82, 2.24) is 20.0 Å². The Kier molecular flexibility index (Phi) is 7.91. The van der Waals surface area contributed by atoms with Crippen LogP contribution in [-0.2, 0) is 29.7 Å². The van der Waals surface area contributed by atoms with Gasteiger partial charge >= 0.3 is 6.18 Å². The summed E-state index contributed by atoms with van der Waals surface area (Å²) in [5.74, 6) is 0.803. The van der Waals surface area contributed by atoms with Crippen LogP contribution in [0.1, 0.15) is 29.7 Å². The summed E-state index contributed by atoms with van der Waals surface area (Å²) in [6.07, 6.45) is -0.606. The molecule has 2 heterocycles. The molecule has 1 atom stereocenters. The van der Waals surface area contributed by atoms with Crippen LogP contribution in [0.5, 0.6) is 0 Å². The minimum absolute atomic E-state index is 0.0673. The second-order valence-electron chi connectivity index (χ2n) is 7.35. The lowest BCUT2D eigenvalue weighted by atomic mass is 10.1. The Hall–Kier alpha value is -2.59. The zero-order valence-corrected chi connectivity index (χ0v) is 17.7. The molecule has 1 aliphatic heterocycles. The SMILES string of the molecule is CCNC(=NCc1ccc(COCC(F)(F)F)cc1)N1CCOC(c2cnn(C)c2)C1. The molecular weight excluding hydrogens is 411 g/mol. The number of nitrogens with zero attached hydrogens (tertiary/aromatic N) is 4. The van der Waals surface area contributed by atoms with Crippen molar-refractivity contribution in [2.24, 2.45) is 12.0 Å². The molecule has 3 rings (SSSR count). The van der Waals surface area contributed by atoms with Crippen LogP contribution in [0.15, 0.2) is 41.7 Å². The van der Waals surface area contributed by atoms with Crippen molar-refractivity contribution >= 4 is 5.96 Å². The number of halogens is 3. The van der Waals surface area contributed by atoms with Gasteiger partial charge in [0, 0.05) is 31.9 Å². The van der Waals surface area contributed by atoms with Gasteiger partial charge in [0.2, 0.25) is 0 Å². The molecule has 2 aromatic rings. The number of aliphatic imine (C=N–C) groups is 1. The average Bonchev–Trinajstić information content (AvgIpc) is 3.18. The Morgan fingerprint density at radius 1 is 1.29 bits per heavy atom. The topological polar surface area (TPSA) is 63.9 Å². The van der Waals surface area contributed by atoms with E-state index in [1.165, 1.54) is 0 Å². The molecule has 31 heavy (non-hydrogen) atoms. The van der Waals surface area contributed by atoms with Crippen molar-refractivity contribution in [2.75, 3.05) is 32.8 Å². The molecule has 1 aromatic heterocycles. The summed E-state index contributed by atoms with van der Waals surface area (Å²) in [4.78, 5) is 6.91. The second-order valence-corrected chi connectivity index (χ2v) is 7.35. The molecule has 10 heteroatoms. The zero-order valence-electron chi connectivity index (χ0n) is 17.7. The lowest BCUT2D eigenvalue weighted by molar-refractivity contribution is -0.176. The highest BCUT2D eigenvalue weighted by atomic mass is 19.4. The van der Waals surface area contributed by atoms with E-state index >= 15 is 0 Å². The lowest BCUT2D eigenvalue weighted by Crippen LogP contribution is -2.48. The summed E-state index contributed by atoms with van der Waals surface area (Å²) in [5, 5.41) is 7.55. The van der Waals surface area contributed by atoms with E-state index in [2.05, 4.69) is 15.3 Å². The predicted octanol–water partition coefficient (Wildman–Crippen LogP) is 3.04. The van der Waals surface area contributed by atoms with Crippen molar-refractivity contribution in [3.05, 3.63) is 53.3 Å². The van der Waals surface area contributed by atoms with Gasteiger partial charge in [0.1, 0.15) is 12.7 Å². The standard InChI is InChI=1S/C21H28F3N5O2/c1-3-25-20(29-8-9-31-19(13-29)18-11-27-28(2)12-18)26-10-16-4-6-17(7-5-16)14-30-15-21(22,23)24/h4-7,11-12,19H,3,8-10,13-15H2,1-2H3,(H,25,26). The molecule has 0 bridgehead atoms. The molecule has 7 nitrogen and oxygen atoms in total. The number of benzene rings is 1. The van der Waals surface area contributed by atoms with Gasteiger partial charge in [-0.05, 0) is 18.1 Å². The largest absolute Gasteiger partial charge is 0.411 e. The molecule has 1 N–H and O–H groups in total.